The molecule has 8 heteroatoms. The largest absolute Gasteiger partial charge is 0.504 e. The molecule has 1 aromatic carbocycles. The summed E-state index contributed by atoms with van der Waals surface area (Å²) in [6.45, 7) is 0. The maximum atomic E-state index is 12.0. The van der Waals surface area contributed by atoms with Crippen molar-refractivity contribution in [3.05, 3.63) is 53.0 Å². The molecule has 0 aliphatic carbocycles. The fourth-order valence-corrected chi connectivity index (χ4v) is 2.69. The van der Waals surface area contributed by atoms with E-state index in [4.69, 9.17) is 4.74 Å². The average Bonchev–Trinajstić information content (AvgIpc) is 3.27. The maximum Gasteiger partial charge on any atom is 0.291 e. The first-order valence-corrected chi connectivity index (χ1v) is 7.85. The van der Waals surface area contributed by atoms with E-state index in [1.54, 1.807) is 29.5 Å². The fourth-order valence-electron chi connectivity index (χ4n) is 1.99. The summed E-state index contributed by atoms with van der Waals surface area (Å²) in [5.41, 5.74) is 4.11. The molecule has 0 bridgehead atoms. The summed E-state index contributed by atoms with van der Waals surface area (Å²) < 4.78 is 5.01. The van der Waals surface area contributed by atoms with Crippen molar-refractivity contribution in [2.75, 3.05) is 7.11 Å². The summed E-state index contributed by atoms with van der Waals surface area (Å²) in [5, 5.41) is 22.2. The molecule has 0 spiro atoms. The van der Waals surface area contributed by atoms with E-state index >= 15 is 0 Å². The van der Waals surface area contributed by atoms with Gasteiger partial charge in [-0.05, 0) is 41.3 Å². The molecule has 3 N–H and O–H groups in total. The van der Waals surface area contributed by atoms with Crippen molar-refractivity contribution in [1.29, 1.82) is 0 Å². The second-order valence-electron chi connectivity index (χ2n) is 4.77. The lowest BCUT2D eigenvalue weighted by Gasteiger charge is -2.03. The third-order valence-corrected chi connectivity index (χ3v) is 4.08. The zero-order chi connectivity index (χ0) is 16.9. The number of methoxy groups -OCH3 is 1. The molecular formula is C16H14N4O3S. The summed E-state index contributed by atoms with van der Waals surface area (Å²) >= 11 is 1.56. The Kier molecular flexibility index (Phi) is 4.57. The number of carbonyl (C=O) groups is 1. The van der Waals surface area contributed by atoms with E-state index in [9.17, 15) is 9.90 Å². The van der Waals surface area contributed by atoms with Crippen LogP contribution in [-0.2, 0) is 0 Å². The Morgan fingerprint density at radius 1 is 1.42 bits per heavy atom. The van der Waals surface area contributed by atoms with E-state index in [2.05, 4.69) is 20.7 Å². The van der Waals surface area contributed by atoms with Crippen LogP contribution < -0.4 is 10.2 Å². The topological polar surface area (TPSA) is 99.6 Å². The Morgan fingerprint density at radius 3 is 3.04 bits per heavy atom. The van der Waals surface area contributed by atoms with Crippen molar-refractivity contribution in [1.82, 2.24) is 15.6 Å². The number of aromatic nitrogens is 2. The van der Waals surface area contributed by atoms with E-state index in [0.29, 0.717) is 11.3 Å². The molecule has 24 heavy (non-hydrogen) atoms. The minimum absolute atomic E-state index is 0.0383. The minimum Gasteiger partial charge on any atom is -0.504 e. The molecule has 0 radical (unpaired) electrons. The molecule has 2 heterocycles. The van der Waals surface area contributed by atoms with Gasteiger partial charge in [0.25, 0.3) is 5.91 Å². The number of hydrogen-bond donors (Lipinski definition) is 3. The van der Waals surface area contributed by atoms with Gasteiger partial charge in [0.1, 0.15) is 0 Å². The summed E-state index contributed by atoms with van der Waals surface area (Å²) in [7, 11) is 1.46. The first kappa shape index (κ1) is 15.8. The Hall–Kier alpha value is -3.13. The van der Waals surface area contributed by atoms with Gasteiger partial charge in [0.05, 0.1) is 23.9 Å². The van der Waals surface area contributed by atoms with Crippen LogP contribution in [-0.4, -0.2) is 34.5 Å². The molecule has 7 nitrogen and oxygen atoms in total. The highest BCUT2D eigenvalue weighted by Crippen LogP contribution is 2.25. The number of H-pyrrole nitrogens is 1. The van der Waals surface area contributed by atoms with Crippen molar-refractivity contribution in [2.24, 2.45) is 5.10 Å². The van der Waals surface area contributed by atoms with E-state index in [1.165, 1.54) is 19.4 Å². The van der Waals surface area contributed by atoms with Gasteiger partial charge >= 0.3 is 0 Å². The maximum absolute atomic E-state index is 12.0. The molecule has 0 atom stereocenters. The van der Waals surface area contributed by atoms with Gasteiger partial charge in [-0.2, -0.15) is 10.2 Å². The van der Waals surface area contributed by atoms with Crippen molar-refractivity contribution in [3.8, 4) is 22.1 Å². The molecule has 3 aromatic rings. The molecule has 3 rings (SSSR count). The van der Waals surface area contributed by atoms with Crippen LogP contribution in [0.4, 0.5) is 0 Å². The number of amides is 1. The first-order chi connectivity index (χ1) is 11.7. The number of aromatic hydroxyl groups is 1. The number of hydrogen-bond acceptors (Lipinski definition) is 6. The SMILES string of the molecule is COc1cc(/C=N/NC(=O)c2cc(-c3cccs3)[nH]n2)ccc1O. The minimum atomic E-state index is -0.420. The number of rotatable bonds is 5. The van der Waals surface area contributed by atoms with E-state index < -0.39 is 5.91 Å². The van der Waals surface area contributed by atoms with Gasteiger partial charge in [0.15, 0.2) is 17.2 Å². The van der Waals surface area contributed by atoms with Crippen molar-refractivity contribution >= 4 is 23.5 Å². The number of hydrazone groups is 1. The fraction of sp³-hybridized carbons (Fsp3) is 0.0625. The second-order valence-corrected chi connectivity index (χ2v) is 5.72. The second kappa shape index (κ2) is 6.97. The third kappa shape index (κ3) is 3.44. The van der Waals surface area contributed by atoms with Crippen LogP contribution in [0.2, 0.25) is 0 Å². The van der Waals surface area contributed by atoms with Gasteiger partial charge in [0.2, 0.25) is 0 Å². The third-order valence-electron chi connectivity index (χ3n) is 3.18. The standard InChI is InChI=1S/C16H14N4O3S/c1-23-14-7-10(4-5-13(14)21)9-17-20-16(22)12-8-11(18-19-12)15-3-2-6-24-15/h2-9,21H,1H3,(H,18,19)(H,20,22)/b17-9+. The number of nitrogens with zero attached hydrogens (tertiary/aromatic N) is 2. The van der Waals surface area contributed by atoms with Crippen LogP contribution in [0.15, 0.2) is 46.9 Å². The molecule has 0 saturated heterocycles. The zero-order valence-corrected chi connectivity index (χ0v) is 13.5. The number of carbonyl (C=O) groups excluding carboxylic acids is 1. The van der Waals surface area contributed by atoms with E-state index in [0.717, 1.165) is 10.6 Å². The molecule has 1 amide bonds. The Balaban J connectivity index is 1.65. The smallest absolute Gasteiger partial charge is 0.291 e. The van der Waals surface area contributed by atoms with Crippen LogP contribution in [0.25, 0.3) is 10.6 Å². The van der Waals surface area contributed by atoms with E-state index in [1.807, 2.05) is 17.5 Å². The molecule has 2 aromatic heterocycles. The van der Waals surface area contributed by atoms with Crippen molar-refractivity contribution in [2.45, 2.75) is 0 Å². The first-order valence-electron chi connectivity index (χ1n) is 6.97. The predicted molar refractivity (Wildman–Crippen MR) is 91.6 cm³/mol. The Labute approximate surface area is 141 Å². The molecule has 0 unspecified atom stereocenters. The molecule has 0 aliphatic heterocycles. The molecule has 0 fully saturated rings. The number of phenols is 1. The summed E-state index contributed by atoms with van der Waals surface area (Å²) in [5.74, 6) is -0.0504. The monoisotopic (exact) mass is 342 g/mol. The van der Waals surface area contributed by atoms with Gasteiger partial charge in [-0.15, -0.1) is 11.3 Å². The molecule has 0 saturated carbocycles. The molecular weight excluding hydrogens is 328 g/mol. The Bertz CT molecular complexity index is 871. The number of thiophene rings is 1. The van der Waals surface area contributed by atoms with Crippen LogP contribution in [0.5, 0.6) is 11.5 Å². The normalized spacial score (nSPS) is 10.9. The van der Waals surface area contributed by atoms with Crippen molar-refractivity contribution < 1.29 is 14.6 Å². The van der Waals surface area contributed by atoms with Crippen LogP contribution in [0.1, 0.15) is 16.1 Å². The number of phenolic OH excluding ortho intramolecular Hbond substituents is 1. The Morgan fingerprint density at radius 2 is 2.29 bits per heavy atom. The summed E-state index contributed by atoms with van der Waals surface area (Å²) in [4.78, 5) is 13.0. The summed E-state index contributed by atoms with van der Waals surface area (Å²) in [6, 6.07) is 10.3. The van der Waals surface area contributed by atoms with Crippen LogP contribution in [0.3, 0.4) is 0 Å². The lowest BCUT2D eigenvalue weighted by atomic mass is 10.2. The van der Waals surface area contributed by atoms with Gasteiger partial charge in [-0.3, -0.25) is 9.89 Å². The number of benzene rings is 1. The molecule has 0 aliphatic rings. The van der Waals surface area contributed by atoms with Crippen LogP contribution >= 0.6 is 11.3 Å². The number of nitrogens with one attached hydrogen (secondary N) is 2. The predicted octanol–water partition coefficient (Wildman–Crippen LogP) is 2.62. The highest BCUT2D eigenvalue weighted by Gasteiger charge is 2.11. The van der Waals surface area contributed by atoms with Crippen LogP contribution in [0, 0.1) is 0 Å². The van der Waals surface area contributed by atoms with Crippen molar-refractivity contribution in [3.63, 3.8) is 0 Å². The lowest BCUT2D eigenvalue weighted by Crippen LogP contribution is -2.18. The highest BCUT2D eigenvalue weighted by molar-refractivity contribution is 7.13. The van der Waals surface area contributed by atoms with Gasteiger partial charge in [0, 0.05) is 0 Å². The quantitative estimate of drug-likeness (QED) is 0.490. The van der Waals surface area contributed by atoms with E-state index in [-0.39, 0.29) is 11.4 Å². The van der Waals surface area contributed by atoms with Gasteiger partial charge < -0.3 is 9.84 Å². The summed E-state index contributed by atoms with van der Waals surface area (Å²) in [6.07, 6.45) is 1.45. The zero-order valence-electron chi connectivity index (χ0n) is 12.7. The van der Waals surface area contributed by atoms with Gasteiger partial charge in [-0.25, -0.2) is 5.43 Å². The lowest BCUT2D eigenvalue weighted by molar-refractivity contribution is 0.0950. The number of aromatic amines is 1. The van der Waals surface area contributed by atoms with Gasteiger partial charge in [-0.1, -0.05) is 6.07 Å². The number of ether oxygens (including phenoxy) is 1. The average molecular weight is 342 g/mol. The highest BCUT2D eigenvalue weighted by atomic mass is 32.1. The molecule has 122 valence electrons.